The average molecular weight is 268 g/mol. The highest BCUT2D eigenvalue weighted by atomic mass is 16.4. The number of carboxylic acids is 3. The van der Waals surface area contributed by atoms with Crippen LogP contribution in [0.15, 0.2) is 18.3 Å². The number of carboxylic acid groups (broad SMARTS) is 3. The number of carbonyl (C=O) groups is 3. The van der Waals surface area contributed by atoms with Gasteiger partial charge in [-0.1, -0.05) is 6.07 Å². The van der Waals surface area contributed by atoms with Crippen molar-refractivity contribution in [3.05, 3.63) is 29.6 Å². The van der Waals surface area contributed by atoms with Gasteiger partial charge in [0.05, 0.1) is 0 Å². The van der Waals surface area contributed by atoms with Gasteiger partial charge in [0.25, 0.3) is 0 Å². The third-order valence-corrected chi connectivity index (χ3v) is 2.61. The van der Waals surface area contributed by atoms with Crippen molar-refractivity contribution in [3.63, 3.8) is 0 Å². The first-order valence-corrected chi connectivity index (χ1v) is 5.22. The second-order valence-electron chi connectivity index (χ2n) is 3.87. The highest BCUT2D eigenvalue weighted by Gasteiger charge is 2.39. The molecule has 1 heterocycles. The van der Waals surface area contributed by atoms with Gasteiger partial charge in [-0.3, -0.25) is 4.79 Å². The normalized spacial score (nSPS) is 13.5. The van der Waals surface area contributed by atoms with Crippen LogP contribution in [0.4, 0.5) is 0 Å². The average Bonchev–Trinajstić information content (AvgIpc) is 2.35. The van der Waals surface area contributed by atoms with E-state index < -0.39 is 42.0 Å². The fourth-order valence-electron chi connectivity index (χ4n) is 1.60. The van der Waals surface area contributed by atoms with Crippen molar-refractivity contribution in [2.45, 2.75) is 18.4 Å². The predicted molar refractivity (Wildman–Crippen MR) is 61.6 cm³/mol. The summed E-state index contributed by atoms with van der Waals surface area (Å²) in [6, 6.07) is 2.56. The van der Waals surface area contributed by atoms with Crippen LogP contribution in [0, 0.1) is 0 Å². The Bertz CT molecular complexity index is 530. The molecule has 0 aliphatic rings. The van der Waals surface area contributed by atoms with Crippen LogP contribution in [0.1, 0.15) is 28.9 Å². The molecule has 0 aromatic carbocycles. The summed E-state index contributed by atoms with van der Waals surface area (Å²) in [6.45, 7) is 0. The monoisotopic (exact) mass is 268 g/mol. The largest absolute Gasteiger partial charge is 0.481 e. The maximum absolute atomic E-state index is 11.3. The van der Waals surface area contributed by atoms with Crippen LogP contribution in [0.3, 0.4) is 0 Å². The summed E-state index contributed by atoms with van der Waals surface area (Å²) < 4.78 is 0. The fourth-order valence-corrected chi connectivity index (χ4v) is 1.60. The van der Waals surface area contributed by atoms with Crippen LogP contribution in [0.25, 0.3) is 0 Å². The Morgan fingerprint density at radius 2 is 1.89 bits per heavy atom. The van der Waals surface area contributed by atoms with E-state index in [0.717, 1.165) is 0 Å². The Morgan fingerprint density at radius 1 is 1.26 bits per heavy atom. The molecule has 0 radical (unpaired) electrons. The zero-order chi connectivity index (χ0) is 14.6. The van der Waals surface area contributed by atoms with Crippen molar-refractivity contribution in [1.29, 1.82) is 0 Å². The molecule has 1 unspecified atom stereocenters. The molecule has 0 amide bonds. The Kier molecular flexibility index (Phi) is 4.18. The van der Waals surface area contributed by atoms with E-state index in [1.807, 2.05) is 0 Å². The van der Waals surface area contributed by atoms with E-state index in [4.69, 9.17) is 21.1 Å². The second-order valence-corrected chi connectivity index (χ2v) is 3.87. The third-order valence-electron chi connectivity index (χ3n) is 2.61. The van der Waals surface area contributed by atoms with Gasteiger partial charge >= 0.3 is 17.9 Å². The smallest absolute Gasteiger partial charge is 0.354 e. The number of rotatable bonds is 6. The molecule has 5 N–H and O–H groups in total. The molecule has 1 aromatic rings. The van der Waals surface area contributed by atoms with Gasteiger partial charge in [0.1, 0.15) is 5.54 Å². The van der Waals surface area contributed by atoms with E-state index in [1.54, 1.807) is 0 Å². The summed E-state index contributed by atoms with van der Waals surface area (Å²) in [5.41, 5.74) is 2.84. The Morgan fingerprint density at radius 3 is 2.37 bits per heavy atom. The second kappa shape index (κ2) is 5.44. The highest BCUT2D eigenvalue weighted by molar-refractivity contribution is 5.91. The molecule has 1 rings (SSSR count). The Hall–Kier alpha value is -2.48. The van der Waals surface area contributed by atoms with Crippen molar-refractivity contribution in [2.75, 3.05) is 0 Å². The van der Waals surface area contributed by atoms with Gasteiger partial charge in [-0.05, 0) is 12.5 Å². The van der Waals surface area contributed by atoms with Crippen molar-refractivity contribution in [1.82, 2.24) is 4.98 Å². The summed E-state index contributed by atoms with van der Waals surface area (Å²) in [4.78, 5) is 36.4. The minimum atomic E-state index is -2.11. The summed E-state index contributed by atoms with van der Waals surface area (Å²) in [5, 5.41) is 26.7. The first-order valence-electron chi connectivity index (χ1n) is 5.22. The van der Waals surface area contributed by atoms with E-state index in [2.05, 4.69) is 4.98 Å². The first kappa shape index (κ1) is 14.6. The van der Waals surface area contributed by atoms with Crippen molar-refractivity contribution in [2.24, 2.45) is 5.73 Å². The molecule has 19 heavy (non-hydrogen) atoms. The molecule has 102 valence electrons. The van der Waals surface area contributed by atoms with E-state index in [0.29, 0.717) is 0 Å². The molecule has 0 bridgehead atoms. The van der Waals surface area contributed by atoms with Crippen LogP contribution in [0.5, 0.6) is 0 Å². The van der Waals surface area contributed by atoms with Gasteiger partial charge in [0, 0.05) is 18.2 Å². The third kappa shape index (κ3) is 3.05. The summed E-state index contributed by atoms with van der Waals surface area (Å²) in [6.07, 6.45) is 0.243. The standard InChI is InChI=1S/C11H12N2O6/c12-11(10(18)19,4-3-7(14)15)6-2-1-5-13-8(6)9(16)17/h1-2,5H,3-4,12H2,(H,14,15)(H,16,17)(H,18,19). The van der Waals surface area contributed by atoms with Gasteiger partial charge < -0.3 is 21.1 Å². The minimum absolute atomic E-state index is 0.226. The van der Waals surface area contributed by atoms with Crippen molar-refractivity contribution >= 4 is 17.9 Å². The predicted octanol–water partition coefficient (Wildman–Crippen LogP) is -0.117. The lowest BCUT2D eigenvalue weighted by Gasteiger charge is -2.25. The van der Waals surface area contributed by atoms with Crippen LogP contribution in [0.2, 0.25) is 0 Å². The zero-order valence-electron chi connectivity index (χ0n) is 9.74. The first-order chi connectivity index (χ1) is 8.79. The Balaban J connectivity index is 3.30. The van der Waals surface area contributed by atoms with Crippen molar-refractivity contribution in [3.8, 4) is 0 Å². The maximum Gasteiger partial charge on any atom is 0.354 e. The number of hydrogen-bond acceptors (Lipinski definition) is 5. The summed E-state index contributed by atoms with van der Waals surface area (Å²) in [5.74, 6) is -4.16. The number of aromatic carboxylic acids is 1. The summed E-state index contributed by atoms with van der Waals surface area (Å²) >= 11 is 0. The van der Waals surface area contributed by atoms with Gasteiger partial charge in [-0.2, -0.15) is 0 Å². The molecule has 8 heteroatoms. The number of aromatic nitrogens is 1. The zero-order valence-corrected chi connectivity index (χ0v) is 9.74. The van der Waals surface area contributed by atoms with E-state index in [1.165, 1.54) is 18.3 Å². The quantitative estimate of drug-likeness (QED) is 0.557. The number of pyridine rings is 1. The van der Waals surface area contributed by atoms with Gasteiger partial charge in [-0.15, -0.1) is 0 Å². The van der Waals surface area contributed by atoms with Gasteiger partial charge in [0.15, 0.2) is 5.69 Å². The lowest BCUT2D eigenvalue weighted by molar-refractivity contribution is -0.145. The number of aliphatic carboxylic acids is 2. The molecule has 0 aliphatic carbocycles. The molecule has 0 saturated heterocycles. The molecule has 0 aliphatic heterocycles. The van der Waals surface area contributed by atoms with E-state index in [-0.39, 0.29) is 5.56 Å². The fraction of sp³-hybridized carbons (Fsp3) is 0.273. The molecule has 1 atom stereocenters. The number of hydrogen-bond donors (Lipinski definition) is 4. The lowest BCUT2D eigenvalue weighted by Crippen LogP contribution is -2.46. The maximum atomic E-state index is 11.3. The molecular formula is C11H12N2O6. The van der Waals surface area contributed by atoms with E-state index >= 15 is 0 Å². The van der Waals surface area contributed by atoms with Crippen LogP contribution in [-0.4, -0.2) is 38.2 Å². The minimum Gasteiger partial charge on any atom is -0.481 e. The van der Waals surface area contributed by atoms with Crippen LogP contribution < -0.4 is 5.73 Å². The van der Waals surface area contributed by atoms with E-state index in [9.17, 15) is 14.4 Å². The van der Waals surface area contributed by atoms with Crippen molar-refractivity contribution < 1.29 is 29.7 Å². The molecular weight excluding hydrogens is 256 g/mol. The molecule has 0 spiro atoms. The topological polar surface area (TPSA) is 151 Å². The highest BCUT2D eigenvalue weighted by Crippen LogP contribution is 2.26. The number of nitrogens with two attached hydrogens (primary N) is 1. The molecule has 8 nitrogen and oxygen atoms in total. The van der Waals surface area contributed by atoms with Crippen LogP contribution in [-0.2, 0) is 15.1 Å². The van der Waals surface area contributed by atoms with Gasteiger partial charge in [-0.25, -0.2) is 14.6 Å². The number of nitrogens with zero attached hydrogens (tertiary/aromatic N) is 1. The van der Waals surface area contributed by atoms with Crippen LogP contribution >= 0.6 is 0 Å². The molecule has 0 saturated carbocycles. The Labute approximate surface area is 107 Å². The molecule has 0 fully saturated rings. The summed E-state index contributed by atoms with van der Waals surface area (Å²) in [7, 11) is 0. The SMILES string of the molecule is NC(CCC(=O)O)(C(=O)O)c1cccnc1C(=O)O. The molecule has 1 aromatic heterocycles. The lowest BCUT2D eigenvalue weighted by atomic mass is 9.85. The van der Waals surface area contributed by atoms with Gasteiger partial charge in [0.2, 0.25) is 0 Å².